The molecule has 0 saturated heterocycles. The molecule has 2 aromatic rings. The zero-order valence-corrected chi connectivity index (χ0v) is 18.3. The second-order valence-corrected chi connectivity index (χ2v) is 8.70. The van der Waals surface area contributed by atoms with E-state index in [0.29, 0.717) is 31.7 Å². The quantitative estimate of drug-likeness (QED) is 0.352. The number of alkyl halides is 3. The summed E-state index contributed by atoms with van der Waals surface area (Å²) >= 11 is -0.513. The maximum Gasteiger partial charge on any atom is 0.446 e. The van der Waals surface area contributed by atoms with Crippen LogP contribution in [0.1, 0.15) is 42.5 Å². The molecule has 0 N–H and O–H groups in total. The molecular formula is C22H20F6N2O2S. The van der Waals surface area contributed by atoms with E-state index >= 15 is 0 Å². The molecule has 11 heteroatoms. The van der Waals surface area contributed by atoms with Crippen LogP contribution in [0, 0.1) is 17.5 Å². The molecule has 1 aliphatic carbocycles. The number of anilines is 1. The molecule has 1 saturated carbocycles. The summed E-state index contributed by atoms with van der Waals surface area (Å²) in [4.78, 5) is 27.5. The average molecular weight is 490 g/mol. The third-order valence-electron chi connectivity index (χ3n) is 5.34. The minimum atomic E-state index is -4.62. The van der Waals surface area contributed by atoms with Gasteiger partial charge in [-0.1, -0.05) is 25.3 Å². The van der Waals surface area contributed by atoms with Crippen LogP contribution in [0.15, 0.2) is 41.3 Å². The monoisotopic (exact) mass is 490 g/mol. The van der Waals surface area contributed by atoms with Gasteiger partial charge in [0.15, 0.2) is 0 Å². The highest BCUT2D eigenvalue weighted by atomic mass is 32.2. The van der Waals surface area contributed by atoms with Gasteiger partial charge in [0, 0.05) is 18.0 Å². The minimum Gasteiger partial charge on any atom is -0.294 e. The molecule has 3 rings (SSSR count). The molecule has 1 aliphatic rings. The number of imide groups is 1. The molecule has 178 valence electrons. The number of halogens is 6. The first kappa shape index (κ1) is 24.9. The Bertz CT molecular complexity index is 1020. The number of amides is 3. The van der Waals surface area contributed by atoms with Crippen LogP contribution in [0.5, 0.6) is 0 Å². The Morgan fingerprint density at radius 1 is 0.939 bits per heavy atom. The topological polar surface area (TPSA) is 40.6 Å². The fraction of sp³-hybridized carbons (Fsp3) is 0.364. The summed E-state index contributed by atoms with van der Waals surface area (Å²) in [5.41, 5.74) is -5.90. The molecule has 3 amide bonds. The van der Waals surface area contributed by atoms with E-state index in [2.05, 4.69) is 0 Å². The molecular weight excluding hydrogens is 470 g/mol. The smallest absolute Gasteiger partial charge is 0.294 e. The van der Waals surface area contributed by atoms with Crippen molar-refractivity contribution >= 4 is 29.4 Å². The van der Waals surface area contributed by atoms with Crippen LogP contribution in [-0.4, -0.2) is 35.4 Å². The van der Waals surface area contributed by atoms with Gasteiger partial charge in [-0.05, 0) is 54.9 Å². The molecule has 0 unspecified atom stereocenters. The van der Waals surface area contributed by atoms with Crippen LogP contribution in [-0.2, 0) is 0 Å². The molecule has 0 aliphatic heterocycles. The first-order valence-electron chi connectivity index (χ1n) is 10.1. The van der Waals surface area contributed by atoms with E-state index in [1.165, 1.54) is 0 Å². The summed E-state index contributed by atoms with van der Waals surface area (Å²) in [5, 5.41) is 0. The van der Waals surface area contributed by atoms with Gasteiger partial charge in [0.05, 0.1) is 5.69 Å². The number of thioether (sulfide) groups is 1. The van der Waals surface area contributed by atoms with Gasteiger partial charge in [-0.2, -0.15) is 13.2 Å². The van der Waals surface area contributed by atoms with Crippen LogP contribution in [0.25, 0.3) is 0 Å². The van der Waals surface area contributed by atoms with Gasteiger partial charge in [-0.25, -0.2) is 18.0 Å². The van der Waals surface area contributed by atoms with Crippen LogP contribution >= 0.6 is 11.8 Å². The minimum absolute atomic E-state index is 0.380. The lowest BCUT2D eigenvalue weighted by molar-refractivity contribution is -0.0328. The van der Waals surface area contributed by atoms with E-state index in [9.17, 15) is 35.9 Å². The molecule has 0 radical (unpaired) electrons. The zero-order valence-electron chi connectivity index (χ0n) is 17.5. The SMILES string of the molecule is CN(C(=O)N(C(=O)c1c(F)cccc1F)C1CCCCC1)c1ccc(SC(F)(F)F)cc1F. The predicted octanol–water partition coefficient (Wildman–Crippen LogP) is 6.75. The average Bonchev–Trinajstić information content (AvgIpc) is 2.73. The second-order valence-electron chi connectivity index (χ2n) is 7.57. The maximum atomic E-state index is 14.6. The van der Waals surface area contributed by atoms with E-state index in [1.54, 1.807) is 0 Å². The van der Waals surface area contributed by atoms with Crippen molar-refractivity contribution < 1.29 is 35.9 Å². The first-order chi connectivity index (χ1) is 15.5. The summed E-state index contributed by atoms with van der Waals surface area (Å²) in [5.74, 6) is -4.60. The number of carbonyl (C=O) groups excluding carboxylic acids is 2. The number of hydrogen-bond donors (Lipinski definition) is 0. The maximum absolute atomic E-state index is 14.6. The van der Waals surface area contributed by atoms with E-state index < -0.39 is 63.2 Å². The third kappa shape index (κ3) is 5.82. The molecule has 2 aromatic carbocycles. The van der Waals surface area contributed by atoms with Crippen molar-refractivity contribution in [1.29, 1.82) is 0 Å². The van der Waals surface area contributed by atoms with Gasteiger partial charge in [0.25, 0.3) is 5.91 Å². The number of urea groups is 1. The van der Waals surface area contributed by atoms with Gasteiger partial charge in [0.2, 0.25) is 0 Å². The summed E-state index contributed by atoms with van der Waals surface area (Å²) in [7, 11) is 1.14. The molecule has 0 atom stereocenters. The Labute approximate surface area is 190 Å². The Kier molecular flexibility index (Phi) is 7.61. The zero-order chi connectivity index (χ0) is 24.3. The fourth-order valence-corrected chi connectivity index (χ4v) is 4.36. The molecule has 0 bridgehead atoms. The van der Waals surface area contributed by atoms with Gasteiger partial charge in [-0.3, -0.25) is 14.6 Å². The Balaban J connectivity index is 1.95. The standard InChI is InChI=1S/C22H20F6N2O2S/c1-29(18-11-10-14(12-17(18)25)33-22(26,27)28)21(32)30(13-6-3-2-4-7-13)20(31)19-15(23)8-5-9-16(19)24/h5,8-13H,2-4,6-7H2,1H3. The fourth-order valence-electron chi connectivity index (χ4n) is 3.79. The number of nitrogens with zero attached hydrogens (tertiary/aromatic N) is 2. The number of benzene rings is 2. The molecule has 4 nitrogen and oxygen atoms in total. The Morgan fingerprint density at radius 3 is 2.09 bits per heavy atom. The van der Waals surface area contributed by atoms with Crippen LogP contribution in [0.3, 0.4) is 0 Å². The second kappa shape index (κ2) is 10.1. The highest BCUT2D eigenvalue weighted by Crippen LogP contribution is 2.38. The van der Waals surface area contributed by atoms with Crippen molar-refractivity contribution in [2.75, 3.05) is 11.9 Å². The molecule has 1 fully saturated rings. The highest BCUT2D eigenvalue weighted by Gasteiger charge is 2.37. The van der Waals surface area contributed by atoms with Crippen molar-refractivity contribution in [3.05, 3.63) is 59.4 Å². The van der Waals surface area contributed by atoms with E-state index in [0.717, 1.165) is 53.6 Å². The normalized spacial score (nSPS) is 14.8. The first-order valence-corrected chi connectivity index (χ1v) is 10.9. The molecule has 0 aromatic heterocycles. The van der Waals surface area contributed by atoms with Crippen LogP contribution in [0.2, 0.25) is 0 Å². The third-order valence-corrected chi connectivity index (χ3v) is 6.06. The van der Waals surface area contributed by atoms with Crippen molar-refractivity contribution in [2.24, 2.45) is 0 Å². The number of hydrogen-bond acceptors (Lipinski definition) is 3. The van der Waals surface area contributed by atoms with Crippen molar-refractivity contribution in [3.8, 4) is 0 Å². The van der Waals surface area contributed by atoms with Crippen molar-refractivity contribution in [3.63, 3.8) is 0 Å². The largest absolute Gasteiger partial charge is 0.446 e. The molecule has 0 spiro atoms. The van der Waals surface area contributed by atoms with Crippen LogP contribution < -0.4 is 4.90 Å². The van der Waals surface area contributed by atoms with Crippen molar-refractivity contribution in [2.45, 2.75) is 48.5 Å². The van der Waals surface area contributed by atoms with Crippen molar-refractivity contribution in [1.82, 2.24) is 4.90 Å². The lowest BCUT2D eigenvalue weighted by Gasteiger charge is -2.35. The van der Waals surface area contributed by atoms with Gasteiger partial charge >= 0.3 is 11.5 Å². The molecule has 33 heavy (non-hydrogen) atoms. The lowest BCUT2D eigenvalue weighted by atomic mass is 9.93. The summed E-state index contributed by atoms with van der Waals surface area (Å²) in [6.07, 6.45) is 3.05. The van der Waals surface area contributed by atoms with Crippen LogP contribution in [0.4, 0.5) is 36.8 Å². The lowest BCUT2D eigenvalue weighted by Crippen LogP contribution is -2.51. The predicted molar refractivity (Wildman–Crippen MR) is 112 cm³/mol. The number of rotatable bonds is 4. The van der Waals surface area contributed by atoms with E-state index in [1.807, 2.05) is 0 Å². The van der Waals surface area contributed by atoms with E-state index in [-0.39, 0.29) is 5.69 Å². The molecule has 0 heterocycles. The summed E-state index contributed by atoms with van der Waals surface area (Å²) in [6, 6.07) is 3.75. The van der Waals surface area contributed by atoms with Gasteiger partial charge in [0.1, 0.15) is 23.0 Å². The Hall–Kier alpha value is -2.69. The van der Waals surface area contributed by atoms with Gasteiger partial charge < -0.3 is 0 Å². The summed E-state index contributed by atoms with van der Waals surface area (Å²) < 4.78 is 80.9. The Morgan fingerprint density at radius 2 is 1.55 bits per heavy atom. The summed E-state index contributed by atoms with van der Waals surface area (Å²) in [6.45, 7) is 0. The number of carbonyl (C=O) groups is 2. The van der Waals surface area contributed by atoms with E-state index in [4.69, 9.17) is 0 Å². The highest BCUT2D eigenvalue weighted by molar-refractivity contribution is 8.00. The van der Waals surface area contributed by atoms with Gasteiger partial charge in [-0.15, -0.1) is 0 Å².